The van der Waals surface area contributed by atoms with Gasteiger partial charge in [-0.1, -0.05) is 60.7 Å². The number of hydrogen-bond acceptors (Lipinski definition) is 2. The second-order valence-electron chi connectivity index (χ2n) is 4.61. The van der Waals surface area contributed by atoms with E-state index in [1.54, 1.807) is 0 Å². The van der Waals surface area contributed by atoms with Crippen molar-refractivity contribution >= 4 is 0 Å². The Bertz CT molecular complexity index is 453. The zero-order valence-electron chi connectivity index (χ0n) is 11.3. The molecule has 0 amide bonds. The topological polar surface area (TPSA) is 18.5 Å². The summed E-state index contributed by atoms with van der Waals surface area (Å²) in [5, 5.41) is 0. The number of rotatable bonds is 7. The summed E-state index contributed by atoms with van der Waals surface area (Å²) in [4.78, 5) is 0. The van der Waals surface area contributed by atoms with Gasteiger partial charge in [0.1, 0.15) is 0 Å². The van der Waals surface area contributed by atoms with E-state index in [9.17, 15) is 0 Å². The molecule has 0 radical (unpaired) electrons. The minimum atomic E-state index is 0.101. The Hall–Kier alpha value is -1.64. The fourth-order valence-electron chi connectivity index (χ4n) is 1.78. The van der Waals surface area contributed by atoms with Crippen LogP contribution in [0.4, 0.5) is 0 Å². The van der Waals surface area contributed by atoms with Gasteiger partial charge in [0.2, 0.25) is 0 Å². The Morgan fingerprint density at radius 1 is 0.789 bits per heavy atom. The predicted molar refractivity (Wildman–Crippen MR) is 76.8 cm³/mol. The normalized spacial score (nSPS) is 12.3. The van der Waals surface area contributed by atoms with Crippen molar-refractivity contribution < 1.29 is 9.47 Å². The molecular weight excluding hydrogens is 236 g/mol. The van der Waals surface area contributed by atoms with Crippen molar-refractivity contribution in [1.29, 1.82) is 0 Å². The van der Waals surface area contributed by atoms with Crippen molar-refractivity contribution in [1.82, 2.24) is 0 Å². The van der Waals surface area contributed by atoms with Gasteiger partial charge in [0.15, 0.2) is 0 Å². The molecule has 0 aliphatic rings. The quantitative estimate of drug-likeness (QED) is 0.750. The van der Waals surface area contributed by atoms with E-state index in [-0.39, 0.29) is 6.10 Å². The van der Waals surface area contributed by atoms with Gasteiger partial charge in [-0.25, -0.2) is 0 Å². The SMILES string of the molecule is CC(COCc1ccccc1)OCc1ccccc1. The van der Waals surface area contributed by atoms with E-state index in [4.69, 9.17) is 9.47 Å². The van der Waals surface area contributed by atoms with Crippen LogP contribution in [0.1, 0.15) is 18.1 Å². The van der Waals surface area contributed by atoms with Gasteiger partial charge in [0.05, 0.1) is 25.9 Å². The zero-order chi connectivity index (χ0) is 13.3. The molecule has 0 spiro atoms. The highest BCUT2D eigenvalue weighted by molar-refractivity contribution is 5.14. The summed E-state index contributed by atoms with van der Waals surface area (Å²) in [7, 11) is 0. The third-order valence-corrected chi connectivity index (χ3v) is 2.84. The first-order valence-electron chi connectivity index (χ1n) is 6.62. The molecule has 0 saturated carbocycles. The zero-order valence-corrected chi connectivity index (χ0v) is 11.3. The number of benzene rings is 2. The lowest BCUT2D eigenvalue weighted by atomic mass is 10.2. The summed E-state index contributed by atoms with van der Waals surface area (Å²) in [6.07, 6.45) is 0.101. The molecule has 2 nitrogen and oxygen atoms in total. The van der Waals surface area contributed by atoms with Crippen molar-refractivity contribution in [3.8, 4) is 0 Å². The molecule has 2 rings (SSSR count). The van der Waals surface area contributed by atoms with E-state index in [0.29, 0.717) is 19.8 Å². The number of hydrogen-bond donors (Lipinski definition) is 0. The van der Waals surface area contributed by atoms with Gasteiger partial charge in [0.25, 0.3) is 0 Å². The summed E-state index contributed by atoms with van der Waals surface area (Å²) in [6, 6.07) is 20.4. The van der Waals surface area contributed by atoms with E-state index in [0.717, 1.165) is 0 Å². The molecule has 0 saturated heterocycles. The van der Waals surface area contributed by atoms with Gasteiger partial charge in [-0.05, 0) is 18.1 Å². The van der Waals surface area contributed by atoms with Crippen molar-refractivity contribution in [2.75, 3.05) is 6.61 Å². The Kier molecular flexibility index (Phi) is 5.60. The molecule has 0 aliphatic carbocycles. The summed E-state index contributed by atoms with van der Waals surface area (Å²) in [5.41, 5.74) is 2.38. The van der Waals surface area contributed by atoms with Crippen LogP contribution in [0.5, 0.6) is 0 Å². The molecule has 100 valence electrons. The van der Waals surface area contributed by atoms with Crippen LogP contribution in [0.15, 0.2) is 60.7 Å². The minimum Gasteiger partial charge on any atom is -0.374 e. The Balaban J connectivity index is 1.64. The van der Waals surface area contributed by atoms with Gasteiger partial charge in [-0.3, -0.25) is 0 Å². The molecule has 19 heavy (non-hydrogen) atoms. The molecule has 0 bridgehead atoms. The van der Waals surface area contributed by atoms with Gasteiger partial charge >= 0.3 is 0 Å². The molecule has 0 fully saturated rings. The second-order valence-corrected chi connectivity index (χ2v) is 4.61. The molecule has 0 aromatic heterocycles. The maximum atomic E-state index is 5.74. The average molecular weight is 256 g/mol. The summed E-state index contributed by atoms with van der Waals surface area (Å²) in [6.45, 7) is 3.92. The van der Waals surface area contributed by atoms with E-state index < -0.39 is 0 Å². The first-order valence-corrected chi connectivity index (χ1v) is 6.62. The second kappa shape index (κ2) is 7.72. The van der Waals surface area contributed by atoms with Crippen LogP contribution in [0.25, 0.3) is 0 Å². The Labute approximate surface area is 115 Å². The standard InChI is InChI=1S/C17H20O2/c1-15(19-14-17-10-6-3-7-11-17)12-18-13-16-8-4-2-5-9-16/h2-11,15H,12-14H2,1H3. The fraction of sp³-hybridized carbons (Fsp3) is 0.294. The highest BCUT2D eigenvalue weighted by Gasteiger charge is 2.03. The molecule has 1 unspecified atom stereocenters. The van der Waals surface area contributed by atoms with E-state index >= 15 is 0 Å². The van der Waals surface area contributed by atoms with Crippen LogP contribution < -0.4 is 0 Å². The number of ether oxygens (including phenoxy) is 2. The molecule has 2 aromatic carbocycles. The summed E-state index contributed by atoms with van der Waals surface area (Å²) >= 11 is 0. The van der Waals surface area contributed by atoms with Crippen molar-refractivity contribution in [2.24, 2.45) is 0 Å². The molecule has 0 N–H and O–H groups in total. The molecule has 2 heteroatoms. The molecule has 0 heterocycles. The van der Waals surface area contributed by atoms with Gasteiger partial charge in [-0.2, -0.15) is 0 Å². The lowest BCUT2D eigenvalue weighted by molar-refractivity contribution is -0.0197. The van der Waals surface area contributed by atoms with Gasteiger partial charge < -0.3 is 9.47 Å². The first-order chi connectivity index (χ1) is 9.34. The first kappa shape index (κ1) is 13.8. The van der Waals surface area contributed by atoms with E-state index in [1.807, 2.05) is 43.3 Å². The van der Waals surface area contributed by atoms with Crippen LogP contribution in [-0.2, 0) is 22.7 Å². The third kappa shape index (κ3) is 5.25. The van der Waals surface area contributed by atoms with Gasteiger partial charge in [0, 0.05) is 0 Å². The lowest BCUT2D eigenvalue weighted by Crippen LogP contribution is -2.15. The Morgan fingerprint density at radius 2 is 1.32 bits per heavy atom. The predicted octanol–water partition coefficient (Wildman–Crippen LogP) is 3.81. The van der Waals surface area contributed by atoms with Gasteiger partial charge in [-0.15, -0.1) is 0 Å². The van der Waals surface area contributed by atoms with Crippen LogP contribution in [0, 0.1) is 0 Å². The highest BCUT2D eigenvalue weighted by atomic mass is 16.5. The van der Waals surface area contributed by atoms with Crippen molar-refractivity contribution in [3.63, 3.8) is 0 Å². The fourth-order valence-corrected chi connectivity index (χ4v) is 1.78. The largest absolute Gasteiger partial charge is 0.374 e. The summed E-state index contributed by atoms with van der Waals surface area (Å²) < 4.78 is 11.4. The van der Waals surface area contributed by atoms with Crippen LogP contribution in [0.3, 0.4) is 0 Å². The monoisotopic (exact) mass is 256 g/mol. The van der Waals surface area contributed by atoms with Crippen LogP contribution in [-0.4, -0.2) is 12.7 Å². The third-order valence-electron chi connectivity index (χ3n) is 2.84. The van der Waals surface area contributed by atoms with Crippen LogP contribution in [0.2, 0.25) is 0 Å². The van der Waals surface area contributed by atoms with E-state index in [2.05, 4.69) is 24.3 Å². The molecule has 2 aromatic rings. The van der Waals surface area contributed by atoms with Crippen molar-refractivity contribution in [3.05, 3.63) is 71.8 Å². The average Bonchev–Trinajstić information content (AvgIpc) is 2.47. The maximum Gasteiger partial charge on any atom is 0.0785 e. The Morgan fingerprint density at radius 3 is 1.89 bits per heavy atom. The van der Waals surface area contributed by atoms with E-state index in [1.165, 1.54) is 11.1 Å². The minimum absolute atomic E-state index is 0.101. The smallest absolute Gasteiger partial charge is 0.0785 e. The molecule has 1 atom stereocenters. The maximum absolute atomic E-state index is 5.74. The van der Waals surface area contributed by atoms with Crippen molar-refractivity contribution in [2.45, 2.75) is 26.2 Å². The molecule has 0 aliphatic heterocycles. The summed E-state index contributed by atoms with van der Waals surface area (Å²) in [5.74, 6) is 0. The molecular formula is C17H20O2. The highest BCUT2D eigenvalue weighted by Crippen LogP contribution is 2.05. The lowest BCUT2D eigenvalue weighted by Gasteiger charge is -2.13. The van der Waals surface area contributed by atoms with Crippen LogP contribution >= 0.6 is 0 Å².